The highest BCUT2D eigenvalue weighted by Crippen LogP contribution is 2.24. The summed E-state index contributed by atoms with van der Waals surface area (Å²) in [5.74, 6) is -1.22. The number of aromatic carboxylic acids is 1. The molecule has 0 amide bonds. The summed E-state index contributed by atoms with van der Waals surface area (Å²) in [7, 11) is 1.91. The number of nitrogens with one attached hydrogen (secondary N) is 1. The molecule has 3 aromatic heterocycles. The lowest BCUT2D eigenvalue weighted by molar-refractivity contribution is 0.0695. The Hall–Kier alpha value is -2.89. The molecule has 0 aromatic carbocycles. The van der Waals surface area contributed by atoms with Crippen molar-refractivity contribution in [1.82, 2.24) is 14.5 Å². The van der Waals surface area contributed by atoms with Gasteiger partial charge in [-0.3, -0.25) is 4.79 Å². The monoisotopic (exact) mass is 297 g/mol. The number of aromatic amines is 1. The molecule has 0 aliphatic heterocycles. The largest absolute Gasteiger partial charge is 0.477 e. The topological polar surface area (TPSA) is 88.0 Å². The lowest BCUT2D eigenvalue weighted by Gasteiger charge is -2.09. The molecule has 0 bridgehead atoms. The molecule has 0 radical (unpaired) electrons. The Morgan fingerprint density at radius 3 is 2.86 bits per heavy atom. The molecule has 3 heterocycles. The summed E-state index contributed by atoms with van der Waals surface area (Å²) in [4.78, 5) is 30.1. The molecule has 2 N–H and O–H groups in total. The summed E-state index contributed by atoms with van der Waals surface area (Å²) < 4.78 is 1.91. The van der Waals surface area contributed by atoms with E-state index in [0.29, 0.717) is 12.1 Å². The summed E-state index contributed by atoms with van der Waals surface area (Å²) >= 11 is 0. The van der Waals surface area contributed by atoms with Gasteiger partial charge in [0.25, 0.3) is 5.56 Å². The number of aromatic nitrogens is 3. The number of carboxylic acid groups (broad SMARTS) is 1. The summed E-state index contributed by atoms with van der Waals surface area (Å²) in [6.45, 7) is 1.91. The van der Waals surface area contributed by atoms with Gasteiger partial charge in [0, 0.05) is 30.4 Å². The van der Waals surface area contributed by atoms with Crippen LogP contribution in [0.4, 0.5) is 0 Å². The fourth-order valence-corrected chi connectivity index (χ4v) is 2.56. The number of H-pyrrole nitrogens is 1. The minimum atomic E-state index is -1.22. The molecule has 6 heteroatoms. The number of carbonyl (C=O) groups is 1. The summed E-state index contributed by atoms with van der Waals surface area (Å²) in [5.41, 5.74) is 2.17. The Morgan fingerprint density at radius 2 is 2.18 bits per heavy atom. The Labute approximate surface area is 126 Å². The van der Waals surface area contributed by atoms with E-state index in [1.807, 2.05) is 36.9 Å². The van der Waals surface area contributed by atoms with Crippen LogP contribution in [-0.4, -0.2) is 25.6 Å². The van der Waals surface area contributed by atoms with E-state index in [1.54, 1.807) is 6.20 Å². The van der Waals surface area contributed by atoms with Gasteiger partial charge >= 0.3 is 5.97 Å². The molecule has 0 atom stereocenters. The van der Waals surface area contributed by atoms with E-state index in [1.165, 1.54) is 6.07 Å². The fourth-order valence-electron chi connectivity index (χ4n) is 2.56. The third kappa shape index (κ3) is 2.18. The van der Waals surface area contributed by atoms with E-state index < -0.39 is 11.5 Å². The zero-order valence-electron chi connectivity index (χ0n) is 12.3. The smallest absolute Gasteiger partial charge is 0.341 e. The number of fused-ring (bicyclic) bond motifs is 1. The number of aryl methyl sites for hydroxylation is 2. The van der Waals surface area contributed by atoms with Crippen molar-refractivity contribution in [3.8, 4) is 11.3 Å². The van der Waals surface area contributed by atoms with Gasteiger partial charge in [-0.2, -0.15) is 0 Å². The predicted molar refractivity (Wildman–Crippen MR) is 83.1 cm³/mol. The van der Waals surface area contributed by atoms with Crippen LogP contribution in [0.1, 0.15) is 22.8 Å². The maximum Gasteiger partial charge on any atom is 0.341 e. The normalized spacial score (nSPS) is 11.0. The van der Waals surface area contributed by atoms with Crippen LogP contribution in [0.2, 0.25) is 0 Å². The lowest BCUT2D eigenvalue weighted by Crippen LogP contribution is -2.19. The van der Waals surface area contributed by atoms with Gasteiger partial charge in [-0.05, 0) is 30.2 Å². The Kier molecular flexibility index (Phi) is 3.29. The maximum absolute atomic E-state index is 11.9. The summed E-state index contributed by atoms with van der Waals surface area (Å²) in [6.07, 6.45) is 4.21. The van der Waals surface area contributed by atoms with Crippen molar-refractivity contribution in [3.05, 3.63) is 52.1 Å². The molecule has 6 nitrogen and oxygen atoms in total. The molecule has 0 unspecified atom stereocenters. The molecule has 0 saturated heterocycles. The van der Waals surface area contributed by atoms with E-state index in [-0.39, 0.29) is 5.56 Å². The van der Waals surface area contributed by atoms with Gasteiger partial charge in [0.05, 0.1) is 5.69 Å². The molecule has 3 aromatic rings. The lowest BCUT2D eigenvalue weighted by atomic mass is 10.0. The van der Waals surface area contributed by atoms with Crippen LogP contribution in [0.5, 0.6) is 0 Å². The van der Waals surface area contributed by atoms with E-state index >= 15 is 0 Å². The van der Waals surface area contributed by atoms with Crippen LogP contribution < -0.4 is 5.56 Å². The summed E-state index contributed by atoms with van der Waals surface area (Å²) in [6, 6.07) is 5.32. The third-order valence-electron chi connectivity index (χ3n) is 3.73. The van der Waals surface area contributed by atoms with Gasteiger partial charge in [-0.25, -0.2) is 9.78 Å². The van der Waals surface area contributed by atoms with Gasteiger partial charge in [-0.1, -0.05) is 6.92 Å². The molecule has 0 saturated carbocycles. The molecule has 3 rings (SSSR count). The number of carboxylic acids is 1. The van der Waals surface area contributed by atoms with Crippen molar-refractivity contribution in [1.29, 1.82) is 0 Å². The van der Waals surface area contributed by atoms with Crippen molar-refractivity contribution in [2.75, 3.05) is 0 Å². The number of pyridine rings is 2. The first-order chi connectivity index (χ1) is 10.5. The van der Waals surface area contributed by atoms with Gasteiger partial charge in [0.2, 0.25) is 0 Å². The zero-order chi connectivity index (χ0) is 15.9. The van der Waals surface area contributed by atoms with Crippen molar-refractivity contribution >= 4 is 17.0 Å². The second-order valence-corrected chi connectivity index (χ2v) is 5.13. The number of nitrogens with zero attached hydrogens (tertiary/aromatic N) is 2. The standard InChI is InChI=1S/C16H15N3O3/c1-3-9-7-12(16(21)22)15(20)18-13(9)11-6-10-4-5-19(2)14(10)17-8-11/h4-8H,3H2,1-2H3,(H,18,20)(H,21,22). The number of rotatable bonds is 3. The van der Waals surface area contributed by atoms with Gasteiger partial charge in [0.1, 0.15) is 11.2 Å². The van der Waals surface area contributed by atoms with Gasteiger partial charge in [0.15, 0.2) is 0 Å². The quantitative estimate of drug-likeness (QED) is 0.775. The first-order valence-corrected chi connectivity index (χ1v) is 6.92. The fraction of sp³-hybridized carbons (Fsp3) is 0.188. The van der Waals surface area contributed by atoms with Crippen molar-refractivity contribution in [2.45, 2.75) is 13.3 Å². The maximum atomic E-state index is 11.9. The van der Waals surface area contributed by atoms with Crippen LogP contribution in [0.15, 0.2) is 35.4 Å². The average Bonchev–Trinajstić information content (AvgIpc) is 2.87. The Morgan fingerprint density at radius 1 is 1.41 bits per heavy atom. The minimum Gasteiger partial charge on any atom is -0.477 e. The molecule has 0 spiro atoms. The van der Waals surface area contributed by atoms with Crippen molar-refractivity contribution in [2.24, 2.45) is 7.05 Å². The highest BCUT2D eigenvalue weighted by Gasteiger charge is 2.15. The molecule has 0 aliphatic rings. The first-order valence-electron chi connectivity index (χ1n) is 6.92. The van der Waals surface area contributed by atoms with Crippen LogP contribution in [0, 0.1) is 0 Å². The SMILES string of the molecule is CCc1cc(C(=O)O)c(=O)[nH]c1-c1cnc2c(ccn2C)c1. The van der Waals surface area contributed by atoms with Gasteiger partial charge < -0.3 is 14.7 Å². The van der Waals surface area contributed by atoms with Crippen molar-refractivity contribution in [3.63, 3.8) is 0 Å². The zero-order valence-corrected chi connectivity index (χ0v) is 12.3. The van der Waals surface area contributed by atoms with E-state index in [4.69, 9.17) is 5.11 Å². The number of hydrogen-bond donors (Lipinski definition) is 2. The molecule has 112 valence electrons. The molecule has 0 aliphatic carbocycles. The van der Waals surface area contributed by atoms with Crippen LogP contribution in [0.3, 0.4) is 0 Å². The minimum absolute atomic E-state index is 0.241. The van der Waals surface area contributed by atoms with E-state index in [0.717, 1.165) is 22.2 Å². The molecule has 22 heavy (non-hydrogen) atoms. The number of hydrogen-bond acceptors (Lipinski definition) is 3. The predicted octanol–water partition coefficient (Wildman–Crippen LogP) is 2.19. The third-order valence-corrected chi connectivity index (χ3v) is 3.73. The second kappa shape index (κ2) is 5.14. The molecular formula is C16H15N3O3. The Bertz CT molecular complexity index is 937. The molecule has 0 fully saturated rings. The van der Waals surface area contributed by atoms with E-state index in [2.05, 4.69) is 9.97 Å². The highest BCUT2D eigenvalue weighted by molar-refractivity contribution is 5.88. The second-order valence-electron chi connectivity index (χ2n) is 5.13. The molecular weight excluding hydrogens is 282 g/mol. The van der Waals surface area contributed by atoms with Crippen LogP contribution >= 0.6 is 0 Å². The Balaban J connectivity index is 2.22. The van der Waals surface area contributed by atoms with Gasteiger partial charge in [-0.15, -0.1) is 0 Å². The first kappa shape index (κ1) is 14.1. The highest BCUT2D eigenvalue weighted by atomic mass is 16.4. The van der Waals surface area contributed by atoms with Crippen LogP contribution in [0.25, 0.3) is 22.3 Å². The van der Waals surface area contributed by atoms with Crippen LogP contribution in [-0.2, 0) is 13.5 Å². The summed E-state index contributed by atoms with van der Waals surface area (Å²) in [5, 5.41) is 10.0. The average molecular weight is 297 g/mol. The van der Waals surface area contributed by atoms with E-state index in [9.17, 15) is 9.59 Å². The van der Waals surface area contributed by atoms with Crippen molar-refractivity contribution < 1.29 is 9.90 Å².